The first-order valence-corrected chi connectivity index (χ1v) is 9.94. The van der Waals surface area contributed by atoms with E-state index in [1.54, 1.807) is 23.7 Å². The van der Waals surface area contributed by atoms with Gasteiger partial charge in [0.15, 0.2) is 9.84 Å². The molecular formula is C17H19FN4O3S. The highest BCUT2D eigenvalue weighted by atomic mass is 32.2. The van der Waals surface area contributed by atoms with Crippen molar-refractivity contribution in [3.8, 4) is 5.69 Å². The van der Waals surface area contributed by atoms with Crippen molar-refractivity contribution in [2.75, 3.05) is 11.5 Å². The van der Waals surface area contributed by atoms with Gasteiger partial charge in [0, 0.05) is 5.56 Å². The van der Waals surface area contributed by atoms with Crippen molar-refractivity contribution in [1.29, 1.82) is 0 Å². The fourth-order valence-corrected chi connectivity index (χ4v) is 4.67. The quantitative estimate of drug-likeness (QED) is 0.645. The Morgan fingerprint density at radius 2 is 2.04 bits per heavy atom. The lowest BCUT2D eigenvalue weighted by Crippen LogP contribution is -2.27. The molecule has 0 spiro atoms. The lowest BCUT2D eigenvalue weighted by atomic mass is 10.1. The molecule has 1 aliphatic rings. The lowest BCUT2D eigenvalue weighted by molar-refractivity contribution is -0.124. The molecule has 1 aliphatic heterocycles. The van der Waals surface area contributed by atoms with E-state index >= 15 is 0 Å². The van der Waals surface area contributed by atoms with Gasteiger partial charge in [-0.2, -0.15) is 10.2 Å². The number of carbonyl (C=O) groups is 1. The first kappa shape index (κ1) is 18.2. The highest BCUT2D eigenvalue weighted by Crippen LogP contribution is 2.19. The summed E-state index contributed by atoms with van der Waals surface area (Å²) in [6.07, 6.45) is 1.81. The minimum atomic E-state index is -3.11. The third-order valence-electron chi connectivity index (χ3n) is 4.39. The van der Waals surface area contributed by atoms with Crippen molar-refractivity contribution in [3.05, 3.63) is 47.0 Å². The highest BCUT2D eigenvalue weighted by molar-refractivity contribution is 7.91. The predicted octanol–water partition coefficient (Wildman–Crippen LogP) is 1.51. The number of rotatable bonds is 4. The molecule has 0 unspecified atom stereocenters. The van der Waals surface area contributed by atoms with Gasteiger partial charge in [0.25, 0.3) is 0 Å². The summed E-state index contributed by atoms with van der Waals surface area (Å²) in [6, 6.07) is 5.96. The number of hydrazone groups is 1. The summed E-state index contributed by atoms with van der Waals surface area (Å²) >= 11 is 0. The summed E-state index contributed by atoms with van der Waals surface area (Å²) in [5.41, 5.74) is 5.34. The van der Waals surface area contributed by atoms with Gasteiger partial charge < -0.3 is 0 Å². The summed E-state index contributed by atoms with van der Waals surface area (Å²) in [6.45, 7) is 3.65. The van der Waals surface area contributed by atoms with Gasteiger partial charge in [-0.3, -0.25) is 4.79 Å². The van der Waals surface area contributed by atoms with Gasteiger partial charge in [-0.05, 0) is 44.5 Å². The Hall–Kier alpha value is -2.55. The van der Waals surface area contributed by atoms with E-state index in [1.807, 2.05) is 6.92 Å². The van der Waals surface area contributed by atoms with E-state index in [1.165, 1.54) is 18.3 Å². The van der Waals surface area contributed by atoms with Crippen LogP contribution in [0.15, 0.2) is 29.4 Å². The zero-order valence-corrected chi connectivity index (χ0v) is 15.3. The largest absolute Gasteiger partial charge is 0.273 e. The first-order valence-electron chi connectivity index (χ1n) is 8.12. The molecule has 1 atom stereocenters. The van der Waals surface area contributed by atoms with Crippen LogP contribution >= 0.6 is 0 Å². The molecule has 3 rings (SSSR count). The van der Waals surface area contributed by atoms with Crippen LogP contribution in [0, 0.1) is 25.6 Å². The van der Waals surface area contributed by atoms with Crippen molar-refractivity contribution >= 4 is 22.0 Å². The van der Waals surface area contributed by atoms with Crippen molar-refractivity contribution in [2.45, 2.75) is 20.3 Å². The second-order valence-electron chi connectivity index (χ2n) is 6.31. The Balaban J connectivity index is 1.73. The monoisotopic (exact) mass is 378 g/mol. The van der Waals surface area contributed by atoms with E-state index in [0.29, 0.717) is 17.8 Å². The SMILES string of the molecule is Cc1nn(-c2ccc(F)cc2)c(C)c1/C=N\NC(=O)[C@H]1CCS(=O)(=O)C1. The van der Waals surface area contributed by atoms with Crippen LogP contribution in [-0.4, -0.2) is 41.8 Å². The maximum Gasteiger partial charge on any atom is 0.244 e. The summed E-state index contributed by atoms with van der Waals surface area (Å²) < 4.78 is 37.6. The molecule has 2 heterocycles. The molecule has 1 aromatic heterocycles. The zero-order chi connectivity index (χ0) is 18.9. The summed E-state index contributed by atoms with van der Waals surface area (Å²) in [5, 5.41) is 8.36. The van der Waals surface area contributed by atoms with Gasteiger partial charge >= 0.3 is 0 Å². The molecule has 2 aromatic rings. The second kappa shape index (κ2) is 6.99. The van der Waals surface area contributed by atoms with Crippen molar-refractivity contribution in [2.24, 2.45) is 11.0 Å². The molecule has 1 amide bonds. The zero-order valence-electron chi connectivity index (χ0n) is 14.4. The Labute approximate surface area is 150 Å². The number of hydrogen-bond donors (Lipinski definition) is 1. The maximum absolute atomic E-state index is 13.1. The van der Waals surface area contributed by atoms with Crippen LogP contribution in [0.1, 0.15) is 23.4 Å². The molecule has 26 heavy (non-hydrogen) atoms. The number of aryl methyl sites for hydroxylation is 1. The van der Waals surface area contributed by atoms with E-state index in [9.17, 15) is 17.6 Å². The van der Waals surface area contributed by atoms with Gasteiger partial charge in [0.1, 0.15) is 5.82 Å². The molecular weight excluding hydrogens is 359 g/mol. The topological polar surface area (TPSA) is 93.4 Å². The van der Waals surface area contributed by atoms with Crippen LogP contribution in [0.5, 0.6) is 0 Å². The molecule has 7 nitrogen and oxygen atoms in total. The van der Waals surface area contributed by atoms with Crippen LogP contribution in [0.25, 0.3) is 5.69 Å². The van der Waals surface area contributed by atoms with E-state index in [0.717, 1.165) is 11.3 Å². The molecule has 9 heteroatoms. The number of hydrogen-bond acceptors (Lipinski definition) is 5. The number of sulfone groups is 1. The van der Waals surface area contributed by atoms with Crippen LogP contribution < -0.4 is 5.43 Å². The van der Waals surface area contributed by atoms with Crippen LogP contribution in [0.3, 0.4) is 0 Å². The van der Waals surface area contributed by atoms with Crippen LogP contribution in [0.2, 0.25) is 0 Å². The van der Waals surface area contributed by atoms with Gasteiger partial charge in [-0.15, -0.1) is 0 Å². The maximum atomic E-state index is 13.1. The summed E-state index contributed by atoms with van der Waals surface area (Å²) in [5.74, 6) is -1.37. The minimum Gasteiger partial charge on any atom is -0.273 e. The number of nitrogens with zero attached hydrogens (tertiary/aromatic N) is 3. The Morgan fingerprint density at radius 1 is 1.35 bits per heavy atom. The van der Waals surface area contributed by atoms with Gasteiger partial charge in [-0.1, -0.05) is 0 Å². The number of aromatic nitrogens is 2. The smallest absolute Gasteiger partial charge is 0.244 e. The Kier molecular flexibility index (Phi) is 4.90. The van der Waals surface area contributed by atoms with Crippen LogP contribution in [0.4, 0.5) is 4.39 Å². The predicted molar refractivity (Wildman–Crippen MR) is 95.5 cm³/mol. The molecule has 1 N–H and O–H groups in total. The van der Waals surface area contributed by atoms with Gasteiger partial charge in [0.2, 0.25) is 5.91 Å². The van der Waals surface area contributed by atoms with E-state index in [4.69, 9.17) is 0 Å². The van der Waals surface area contributed by atoms with E-state index < -0.39 is 21.7 Å². The summed E-state index contributed by atoms with van der Waals surface area (Å²) in [7, 11) is -3.11. The number of amides is 1. The lowest BCUT2D eigenvalue weighted by Gasteiger charge is -2.05. The Morgan fingerprint density at radius 3 is 2.65 bits per heavy atom. The second-order valence-corrected chi connectivity index (χ2v) is 8.54. The molecule has 0 saturated carbocycles. The van der Waals surface area contributed by atoms with Crippen molar-refractivity contribution in [1.82, 2.24) is 15.2 Å². The number of nitrogens with one attached hydrogen (secondary N) is 1. The van der Waals surface area contributed by atoms with E-state index in [2.05, 4.69) is 15.6 Å². The highest BCUT2D eigenvalue weighted by Gasteiger charge is 2.32. The number of benzene rings is 1. The van der Waals surface area contributed by atoms with Crippen molar-refractivity contribution < 1.29 is 17.6 Å². The Bertz CT molecular complexity index is 965. The number of halogens is 1. The molecule has 1 saturated heterocycles. The van der Waals surface area contributed by atoms with Crippen molar-refractivity contribution in [3.63, 3.8) is 0 Å². The van der Waals surface area contributed by atoms with Gasteiger partial charge in [0.05, 0.1) is 40.7 Å². The third-order valence-corrected chi connectivity index (χ3v) is 6.16. The molecule has 0 radical (unpaired) electrons. The molecule has 1 aromatic carbocycles. The molecule has 0 bridgehead atoms. The standard InChI is InChI=1S/C17H19FN4O3S/c1-11-16(9-19-20-17(23)13-7-8-26(24,25)10-13)12(2)22(21-11)15-5-3-14(18)4-6-15/h3-6,9,13H,7-8,10H2,1-2H3,(H,20,23)/b19-9-/t13-/m0/s1. The van der Waals surface area contributed by atoms with E-state index in [-0.39, 0.29) is 17.3 Å². The fraction of sp³-hybridized carbons (Fsp3) is 0.353. The normalized spacial score (nSPS) is 19.1. The fourth-order valence-electron chi connectivity index (χ4n) is 2.93. The van der Waals surface area contributed by atoms with Gasteiger partial charge in [-0.25, -0.2) is 22.9 Å². The van der Waals surface area contributed by atoms with Crippen LogP contribution in [-0.2, 0) is 14.6 Å². The average Bonchev–Trinajstić information content (AvgIpc) is 3.09. The molecule has 0 aliphatic carbocycles. The third kappa shape index (κ3) is 3.82. The minimum absolute atomic E-state index is 0.0391. The molecule has 1 fully saturated rings. The summed E-state index contributed by atoms with van der Waals surface area (Å²) in [4.78, 5) is 12.0. The number of carbonyl (C=O) groups excluding carboxylic acids is 1. The average molecular weight is 378 g/mol. The molecule has 138 valence electrons. The first-order chi connectivity index (χ1) is 12.3.